The van der Waals surface area contributed by atoms with Crippen molar-refractivity contribution in [3.8, 4) is 11.8 Å². The van der Waals surface area contributed by atoms with E-state index in [0.717, 1.165) is 11.8 Å². The Morgan fingerprint density at radius 1 is 1.12 bits per heavy atom. The van der Waals surface area contributed by atoms with Gasteiger partial charge in [-0.3, -0.25) is 4.79 Å². The lowest BCUT2D eigenvalue weighted by Crippen LogP contribution is -1.91. The summed E-state index contributed by atoms with van der Waals surface area (Å²) in [5.74, 6) is 3.06. The first-order valence-corrected chi connectivity index (χ1v) is 5.75. The van der Waals surface area contributed by atoms with Crippen LogP contribution in [0.4, 0.5) is 0 Å². The number of aliphatic carboxylic acids is 2. The second kappa shape index (κ2) is 10.8. The summed E-state index contributed by atoms with van der Waals surface area (Å²) in [7, 11) is 0. The van der Waals surface area contributed by atoms with Crippen molar-refractivity contribution < 1.29 is 24.6 Å². The van der Waals surface area contributed by atoms with Gasteiger partial charge in [0.15, 0.2) is 0 Å². The van der Waals surface area contributed by atoms with E-state index in [1.807, 2.05) is 13.8 Å². The van der Waals surface area contributed by atoms with Crippen LogP contribution < -0.4 is 0 Å². The number of hydrogen-bond donors (Lipinski definition) is 2. The number of thioether (sulfide) groups is 1. The van der Waals surface area contributed by atoms with Crippen molar-refractivity contribution in [3.05, 3.63) is 12.2 Å². The fraction of sp³-hybridized carbons (Fsp3) is 0.364. The van der Waals surface area contributed by atoms with Gasteiger partial charge in [0.1, 0.15) is 0 Å². The van der Waals surface area contributed by atoms with E-state index < -0.39 is 11.9 Å². The third-order valence-corrected chi connectivity index (χ3v) is 1.49. The molecule has 0 aliphatic rings. The zero-order valence-corrected chi connectivity index (χ0v) is 10.6. The molecule has 0 unspecified atom stereocenters. The highest BCUT2D eigenvalue weighted by atomic mass is 32.2. The van der Waals surface area contributed by atoms with Crippen LogP contribution in [0.25, 0.3) is 0 Å². The Bertz CT molecular complexity index is 344. The van der Waals surface area contributed by atoms with Crippen LogP contribution in [-0.4, -0.2) is 33.5 Å². The molecule has 2 N–H and O–H groups in total. The predicted octanol–water partition coefficient (Wildman–Crippen LogP) is 1.25. The van der Waals surface area contributed by atoms with Gasteiger partial charge in [-0.1, -0.05) is 31.5 Å². The Hall–Kier alpha value is -1.74. The van der Waals surface area contributed by atoms with E-state index in [-0.39, 0.29) is 5.12 Å². The average molecular weight is 258 g/mol. The van der Waals surface area contributed by atoms with E-state index >= 15 is 0 Å². The molecule has 0 fully saturated rings. The molecule has 0 spiro atoms. The number of hydrogen-bond acceptors (Lipinski definition) is 4. The van der Waals surface area contributed by atoms with Crippen LogP contribution in [0.5, 0.6) is 0 Å². The first-order valence-electron chi connectivity index (χ1n) is 4.53. The molecular formula is C11H14O5S. The molecule has 0 rings (SSSR count). The van der Waals surface area contributed by atoms with E-state index in [0.29, 0.717) is 18.1 Å². The Morgan fingerprint density at radius 2 is 1.53 bits per heavy atom. The zero-order valence-electron chi connectivity index (χ0n) is 9.76. The van der Waals surface area contributed by atoms with Gasteiger partial charge in [-0.25, -0.2) is 9.59 Å². The number of carboxylic acid groups (broad SMARTS) is 2. The minimum absolute atomic E-state index is 0.0521. The summed E-state index contributed by atoms with van der Waals surface area (Å²) in [6, 6.07) is 0. The van der Waals surface area contributed by atoms with Crippen molar-refractivity contribution in [1.82, 2.24) is 0 Å². The van der Waals surface area contributed by atoms with Gasteiger partial charge < -0.3 is 10.2 Å². The summed E-state index contributed by atoms with van der Waals surface area (Å²) in [6.07, 6.45) is 2.85. The first-order chi connectivity index (χ1) is 7.79. The van der Waals surface area contributed by atoms with Crippen molar-refractivity contribution in [2.75, 3.05) is 6.26 Å². The van der Waals surface area contributed by atoms with E-state index in [1.54, 1.807) is 6.26 Å². The molecule has 0 heterocycles. The molecule has 0 saturated carbocycles. The van der Waals surface area contributed by atoms with Crippen LogP contribution in [0.3, 0.4) is 0 Å². The van der Waals surface area contributed by atoms with Gasteiger partial charge in [-0.15, -0.1) is 0 Å². The standard InChI is InChI=1S/C7H10OS.C4H4O4/c1-6(2)4-5-7(8)9-3;5-3(6)1-2-4(7)8/h6H,1-3H3;1-2H,(H,5,6)(H,7,8). The van der Waals surface area contributed by atoms with Gasteiger partial charge >= 0.3 is 11.9 Å². The fourth-order valence-corrected chi connectivity index (χ4v) is 0.558. The molecule has 0 aromatic heterocycles. The lowest BCUT2D eigenvalue weighted by atomic mass is 10.2. The van der Waals surface area contributed by atoms with Gasteiger partial charge in [0.2, 0.25) is 0 Å². The Labute approximate surface area is 104 Å². The number of carboxylic acids is 2. The second-order valence-corrected chi connectivity index (χ2v) is 3.70. The highest BCUT2D eigenvalue weighted by molar-refractivity contribution is 8.13. The van der Waals surface area contributed by atoms with Crippen LogP contribution in [0, 0.1) is 17.8 Å². The molecule has 0 atom stereocenters. The predicted molar refractivity (Wildman–Crippen MR) is 65.5 cm³/mol. The summed E-state index contributed by atoms with van der Waals surface area (Å²) < 4.78 is 0. The Balaban J connectivity index is 0. The van der Waals surface area contributed by atoms with Crippen molar-refractivity contribution in [2.45, 2.75) is 13.8 Å². The molecule has 0 aliphatic carbocycles. The topological polar surface area (TPSA) is 91.7 Å². The molecule has 0 bridgehead atoms. The molecule has 0 saturated heterocycles. The maximum Gasteiger partial charge on any atom is 0.328 e. The minimum Gasteiger partial charge on any atom is -0.478 e. The lowest BCUT2D eigenvalue weighted by molar-refractivity contribution is -0.134. The van der Waals surface area contributed by atoms with Crippen molar-refractivity contribution in [3.63, 3.8) is 0 Å². The molecule has 0 aliphatic heterocycles. The first kappa shape index (κ1) is 17.6. The van der Waals surface area contributed by atoms with Crippen LogP contribution in [0.2, 0.25) is 0 Å². The molecule has 0 radical (unpaired) electrons. The number of carbonyl (C=O) groups is 3. The SMILES string of the molecule is CSC(=O)C#CC(C)C.O=C(O)C=CC(=O)O. The van der Waals surface area contributed by atoms with Crippen molar-refractivity contribution in [1.29, 1.82) is 0 Å². The maximum absolute atomic E-state index is 10.5. The lowest BCUT2D eigenvalue weighted by Gasteiger charge is -1.85. The van der Waals surface area contributed by atoms with Gasteiger partial charge in [0, 0.05) is 18.1 Å². The van der Waals surface area contributed by atoms with Crippen LogP contribution in [-0.2, 0) is 14.4 Å². The Morgan fingerprint density at radius 3 is 1.76 bits per heavy atom. The van der Waals surface area contributed by atoms with Gasteiger partial charge in [-0.2, -0.15) is 0 Å². The van der Waals surface area contributed by atoms with E-state index in [4.69, 9.17) is 10.2 Å². The zero-order chi connectivity index (χ0) is 13.8. The van der Waals surface area contributed by atoms with E-state index in [9.17, 15) is 14.4 Å². The molecule has 6 heteroatoms. The fourth-order valence-electron chi connectivity index (χ4n) is 0.397. The average Bonchev–Trinajstić information content (AvgIpc) is 2.23. The molecule has 0 aromatic carbocycles. The monoisotopic (exact) mass is 258 g/mol. The second-order valence-electron chi connectivity index (χ2n) is 2.93. The van der Waals surface area contributed by atoms with Crippen LogP contribution >= 0.6 is 11.8 Å². The van der Waals surface area contributed by atoms with E-state index in [1.165, 1.54) is 0 Å². The van der Waals surface area contributed by atoms with Crippen LogP contribution in [0.1, 0.15) is 13.8 Å². The highest BCUT2D eigenvalue weighted by Crippen LogP contribution is 1.93. The summed E-state index contributed by atoms with van der Waals surface area (Å²) in [5.41, 5.74) is 0. The summed E-state index contributed by atoms with van der Waals surface area (Å²) in [6.45, 7) is 3.92. The van der Waals surface area contributed by atoms with Gasteiger partial charge in [-0.05, 0) is 12.2 Å². The quantitative estimate of drug-likeness (QED) is 0.572. The molecule has 94 valence electrons. The Kier molecular flexibility index (Phi) is 11.2. The van der Waals surface area contributed by atoms with Crippen molar-refractivity contribution >= 4 is 28.8 Å². The van der Waals surface area contributed by atoms with Crippen LogP contribution in [0.15, 0.2) is 12.2 Å². The normalized spacial score (nSPS) is 8.94. The number of carbonyl (C=O) groups excluding carboxylic acids is 1. The summed E-state index contributed by atoms with van der Waals surface area (Å²) >= 11 is 1.15. The summed E-state index contributed by atoms with van der Waals surface area (Å²) in [4.78, 5) is 29.6. The highest BCUT2D eigenvalue weighted by Gasteiger charge is 1.89. The molecule has 0 amide bonds. The maximum atomic E-state index is 10.5. The van der Waals surface area contributed by atoms with Gasteiger partial charge in [0.25, 0.3) is 5.12 Å². The molecule has 5 nitrogen and oxygen atoms in total. The third kappa shape index (κ3) is 20.4. The molecular weight excluding hydrogens is 244 g/mol. The molecule has 0 aromatic rings. The third-order valence-electron chi connectivity index (χ3n) is 1.02. The van der Waals surface area contributed by atoms with E-state index in [2.05, 4.69) is 11.8 Å². The smallest absolute Gasteiger partial charge is 0.328 e. The van der Waals surface area contributed by atoms with Crippen molar-refractivity contribution in [2.24, 2.45) is 5.92 Å². The molecule has 17 heavy (non-hydrogen) atoms. The van der Waals surface area contributed by atoms with Gasteiger partial charge in [0.05, 0.1) is 0 Å². The number of rotatable bonds is 2. The summed E-state index contributed by atoms with van der Waals surface area (Å²) in [5, 5.41) is 15.6. The minimum atomic E-state index is -1.26. The largest absolute Gasteiger partial charge is 0.478 e.